The molecule has 0 bridgehead atoms. The Morgan fingerprint density at radius 3 is 2.50 bits per heavy atom. The van der Waals surface area contributed by atoms with Crippen LogP contribution in [0.3, 0.4) is 0 Å². The predicted molar refractivity (Wildman–Crippen MR) is 75.3 cm³/mol. The third-order valence-corrected chi connectivity index (χ3v) is 4.04. The summed E-state index contributed by atoms with van der Waals surface area (Å²) in [6.45, 7) is 0. The standard InChI is InChI=1S/C14H10N2O3S/c17-12-10(13(18)16-14(19)15-12)6-5-8-7-20-11-4-2-1-3-9(8)11/h1-4,6-7H,5H2,(H2,15,16,17,18,19). The molecule has 4 amide bonds. The van der Waals surface area contributed by atoms with Gasteiger partial charge in [-0.05, 0) is 28.8 Å². The topological polar surface area (TPSA) is 75.3 Å². The van der Waals surface area contributed by atoms with Crippen LogP contribution in [-0.4, -0.2) is 17.8 Å². The van der Waals surface area contributed by atoms with Gasteiger partial charge in [0, 0.05) is 4.70 Å². The maximum absolute atomic E-state index is 11.6. The minimum atomic E-state index is -0.780. The first-order valence-electron chi connectivity index (χ1n) is 5.97. The zero-order valence-electron chi connectivity index (χ0n) is 10.3. The number of urea groups is 1. The Kier molecular flexibility index (Phi) is 3.08. The fourth-order valence-corrected chi connectivity index (χ4v) is 3.04. The average Bonchev–Trinajstić information content (AvgIpc) is 2.81. The molecule has 0 atom stereocenters. The monoisotopic (exact) mass is 286 g/mol. The molecule has 6 heteroatoms. The number of hydrogen-bond donors (Lipinski definition) is 2. The molecule has 2 aromatic rings. The van der Waals surface area contributed by atoms with Crippen molar-refractivity contribution in [3.05, 3.63) is 46.9 Å². The first-order chi connectivity index (χ1) is 9.65. The van der Waals surface area contributed by atoms with Crippen molar-refractivity contribution in [2.24, 2.45) is 0 Å². The molecule has 0 saturated carbocycles. The van der Waals surface area contributed by atoms with Crippen LogP contribution in [0.25, 0.3) is 10.1 Å². The van der Waals surface area contributed by atoms with E-state index in [0.29, 0.717) is 6.42 Å². The molecule has 0 spiro atoms. The number of hydrogen-bond acceptors (Lipinski definition) is 4. The van der Waals surface area contributed by atoms with Gasteiger partial charge in [-0.1, -0.05) is 24.3 Å². The van der Waals surface area contributed by atoms with Crippen molar-refractivity contribution in [3.8, 4) is 0 Å². The van der Waals surface area contributed by atoms with E-state index in [1.54, 1.807) is 17.4 Å². The molecule has 100 valence electrons. The number of barbiturate groups is 1. The first kappa shape index (κ1) is 12.6. The van der Waals surface area contributed by atoms with Crippen LogP contribution in [0.1, 0.15) is 5.56 Å². The van der Waals surface area contributed by atoms with Crippen molar-refractivity contribution < 1.29 is 14.4 Å². The van der Waals surface area contributed by atoms with E-state index in [4.69, 9.17) is 0 Å². The quantitative estimate of drug-likeness (QED) is 0.652. The minimum Gasteiger partial charge on any atom is -0.273 e. The molecular weight excluding hydrogens is 276 g/mol. The normalized spacial score (nSPS) is 15.2. The fraction of sp³-hybridized carbons (Fsp3) is 0.0714. The molecular formula is C14H10N2O3S. The van der Waals surface area contributed by atoms with Crippen LogP contribution in [0.5, 0.6) is 0 Å². The van der Waals surface area contributed by atoms with Crippen molar-refractivity contribution in [2.75, 3.05) is 0 Å². The summed E-state index contributed by atoms with van der Waals surface area (Å²) in [5.74, 6) is -1.31. The van der Waals surface area contributed by atoms with E-state index in [2.05, 4.69) is 10.6 Å². The largest absolute Gasteiger partial charge is 0.328 e. The number of nitrogens with one attached hydrogen (secondary N) is 2. The SMILES string of the molecule is O=C1NC(=O)C(=CCc2csc3ccccc23)C(=O)N1. The second-order valence-electron chi connectivity index (χ2n) is 4.32. The van der Waals surface area contributed by atoms with E-state index in [9.17, 15) is 14.4 Å². The molecule has 20 heavy (non-hydrogen) atoms. The molecule has 1 saturated heterocycles. The van der Waals surface area contributed by atoms with Crippen LogP contribution < -0.4 is 10.6 Å². The molecule has 1 aromatic carbocycles. The molecule has 2 heterocycles. The molecule has 1 aliphatic rings. The van der Waals surface area contributed by atoms with Crippen LogP contribution >= 0.6 is 11.3 Å². The lowest BCUT2D eigenvalue weighted by molar-refractivity contribution is -0.124. The van der Waals surface area contributed by atoms with Crippen LogP contribution in [0.15, 0.2) is 41.3 Å². The third kappa shape index (κ3) is 2.21. The molecule has 0 aliphatic carbocycles. The third-order valence-electron chi connectivity index (χ3n) is 3.03. The lowest BCUT2D eigenvalue weighted by Crippen LogP contribution is -2.51. The van der Waals surface area contributed by atoms with E-state index >= 15 is 0 Å². The molecule has 2 N–H and O–H groups in total. The first-order valence-corrected chi connectivity index (χ1v) is 6.85. The number of imide groups is 2. The molecule has 0 unspecified atom stereocenters. The Balaban J connectivity index is 1.88. The average molecular weight is 286 g/mol. The lowest BCUT2D eigenvalue weighted by atomic mass is 10.1. The lowest BCUT2D eigenvalue weighted by Gasteiger charge is -2.13. The predicted octanol–water partition coefficient (Wildman–Crippen LogP) is 1.74. The summed E-state index contributed by atoms with van der Waals surface area (Å²) in [6.07, 6.45) is 2.01. The summed E-state index contributed by atoms with van der Waals surface area (Å²) in [5.41, 5.74) is 1.02. The van der Waals surface area contributed by atoms with E-state index < -0.39 is 17.8 Å². The number of fused-ring (bicyclic) bond motifs is 1. The van der Waals surface area contributed by atoms with Gasteiger partial charge < -0.3 is 0 Å². The number of rotatable bonds is 2. The van der Waals surface area contributed by atoms with Crippen LogP contribution in [0.4, 0.5) is 4.79 Å². The van der Waals surface area contributed by atoms with Gasteiger partial charge >= 0.3 is 6.03 Å². The second-order valence-corrected chi connectivity index (χ2v) is 5.23. The van der Waals surface area contributed by atoms with Crippen molar-refractivity contribution in [1.82, 2.24) is 10.6 Å². The van der Waals surface area contributed by atoms with E-state index in [1.807, 2.05) is 29.6 Å². The van der Waals surface area contributed by atoms with E-state index in [1.165, 1.54) is 0 Å². The van der Waals surface area contributed by atoms with Crippen LogP contribution in [-0.2, 0) is 16.0 Å². The van der Waals surface area contributed by atoms with Gasteiger partial charge in [0.05, 0.1) is 0 Å². The summed E-state index contributed by atoms with van der Waals surface area (Å²) >= 11 is 1.62. The van der Waals surface area contributed by atoms with E-state index in [0.717, 1.165) is 15.6 Å². The highest BCUT2D eigenvalue weighted by atomic mass is 32.1. The Bertz CT molecular complexity index is 739. The molecule has 3 rings (SSSR count). The molecule has 1 fully saturated rings. The van der Waals surface area contributed by atoms with Crippen LogP contribution in [0.2, 0.25) is 0 Å². The summed E-state index contributed by atoms with van der Waals surface area (Å²) in [7, 11) is 0. The number of amides is 4. The molecule has 1 aromatic heterocycles. The number of carbonyl (C=O) groups is 3. The maximum Gasteiger partial charge on any atom is 0.328 e. The van der Waals surface area contributed by atoms with Crippen molar-refractivity contribution in [2.45, 2.75) is 6.42 Å². The highest BCUT2D eigenvalue weighted by Gasteiger charge is 2.27. The molecule has 1 aliphatic heterocycles. The summed E-state index contributed by atoms with van der Waals surface area (Å²) < 4.78 is 1.16. The Hall–Kier alpha value is -2.47. The van der Waals surface area contributed by atoms with Gasteiger partial charge in [0.25, 0.3) is 11.8 Å². The van der Waals surface area contributed by atoms with Crippen molar-refractivity contribution in [3.63, 3.8) is 0 Å². The molecule has 5 nitrogen and oxygen atoms in total. The van der Waals surface area contributed by atoms with Gasteiger partial charge in [-0.25, -0.2) is 4.79 Å². The fourth-order valence-electron chi connectivity index (χ4n) is 2.06. The highest BCUT2D eigenvalue weighted by Crippen LogP contribution is 2.26. The summed E-state index contributed by atoms with van der Waals surface area (Å²) in [5, 5.41) is 7.22. The minimum absolute atomic E-state index is 0.0279. The van der Waals surface area contributed by atoms with Gasteiger partial charge in [-0.3, -0.25) is 20.2 Å². The van der Waals surface area contributed by atoms with Gasteiger partial charge in [0.2, 0.25) is 0 Å². The number of thiophene rings is 1. The van der Waals surface area contributed by atoms with Crippen LogP contribution in [0, 0.1) is 0 Å². The van der Waals surface area contributed by atoms with Gasteiger partial charge in [0.15, 0.2) is 0 Å². The summed E-state index contributed by atoms with van der Waals surface area (Å²) in [6, 6.07) is 7.16. The number of benzene rings is 1. The zero-order chi connectivity index (χ0) is 14.1. The number of carbonyl (C=O) groups excluding carboxylic acids is 3. The van der Waals surface area contributed by atoms with Gasteiger partial charge in [0.1, 0.15) is 5.57 Å². The van der Waals surface area contributed by atoms with Gasteiger partial charge in [-0.15, -0.1) is 11.3 Å². The molecule has 0 radical (unpaired) electrons. The zero-order valence-corrected chi connectivity index (χ0v) is 11.1. The van der Waals surface area contributed by atoms with Gasteiger partial charge in [-0.2, -0.15) is 0 Å². The van der Waals surface area contributed by atoms with E-state index in [-0.39, 0.29) is 5.57 Å². The number of allylic oxidation sites excluding steroid dienone is 1. The second kappa shape index (κ2) is 4.90. The summed E-state index contributed by atoms with van der Waals surface area (Å²) in [4.78, 5) is 34.1. The van der Waals surface area contributed by atoms with Crippen molar-refractivity contribution in [1.29, 1.82) is 0 Å². The Labute approximate surface area is 118 Å². The maximum atomic E-state index is 11.6. The smallest absolute Gasteiger partial charge is 0.273 e. The van der Waals surface area contributed by atoms with Crippen molar-refractivity contribution >= 4 is 39.3 Å². The Morgan fingerprint density at radius 1 is 1.05 bits per heavy atom. The highest BCUT2D eigenvalue weighted by molar-refractivity contribution is 7.17. The Morgan fingerprint density at radius 2 is 1.75 bits per heavy atom.